The van der Waals surface area contributed by atoms with Gasteiger partial charge in [0.05, 0.1) is 11.6 Å². The number of rotatable bonds is 2. The molecule has 1 aliphatic rings. The maximum absolute atomic E-state index is 12.7. The molecule has 2 aromatic rings. The van der Waals surface area contributed by atoms with Crippen LogP contribution in [0, 0.1) is 16.7 Å². The number of benzene rings is 2. The first-order chi connectivity index (χ1) is 11.8. The maximum Gasteiger partial charge on any atom is 0.156 e. The molecule has 0 aliphatic heterocycles. The third-order valence-electron chi connectivity index (χ3n) is 5.16. The number of nitrogens with zero attached hydrogens (tertiary/aromatic N) is 1. The van der Waals surface area contributed by atoms with E-state index in [1.165, 1.54) is 5.57 Å². The molecule has 0 amide bonds. The molecule has 1 unspecified atom stereocenters. The van der Waals surface area contributed by atoms with Crippen molar-refractivity contribution >= 4 is 5.78 Å². The lowest BCUT2D eigenvalue weighted by molar-refractivity contribution is -0.116. The minimum Gasteiger partial charge on any atom is -0.295 e. The average molecular weight is 329 g/mol. The normalized spacial score (nSPS) is 20.7. The summed E-state index contributed by atoms with van der Waals surface area (Å²) in [5, 5.41) is 9.10. The van der Waals surface area contributed by atoms with Crippen molar-refractivity contribution in [2.45, 2.75) is 39.0 Å². The lowest BCUT2D eigenvalue weighted by Crippen LogP contribution is -2.36. The Morgan fingerprint density at radius 2 is 1.52 bits per heavy atom. The predicted octanol–water partition coefficient (Wildman–Crippen LogP) is 5.18. The first kappa shape index (κ1) is 17.2. The van der Waals surface area contributed by atoms with Crippen molar-refractivity contribution in [2.24, 2.45) is 5.41 Å². The SMILES string of the molecule is CC(C)(C)C1=CC(=O)CC(c2ccccc2)(c2ccc(C#N)cc2)C1. The Hall–Kier alpha value is -2.66. The molecule has 0 spiro atoms. The summed E-state index contributed by atoms with van der Waals surface area (Å²) in [6, 6.07) is 20.1. The number of ketones is 1. The number of hydrogen-bond acceptors (Lipinski definition) is 2. The maximum atomic E-state index is 12.7. The molecule has 2 nitrogen and oxygen atoms in total. The van der Waals surface area contributed by atoms with Crippen LogP contribution in [0.5, 0.6) is 0 Å². The first-order valence-corrected chi connectivity index (χ1v) is 8.65. The Balaban J connectivity index is 2.19. The van der Waals surface area contributed by atoms with Gasteiger partial charge in [0.2, 0.25) is 0 Å². The molecular weight excluding hydrogens is 306 g/mol. The third-order valence-corrected chi connectivity index (χ3v) is 5.16. The molecule has 0 aromatic heterocycles. The zero-order chi connectivity index (χ0) is 18.1. The summed E-state index contributed by atoms with van der Waals surface area (Å²) in [5.41, 5.74) is 3.65. The number of carbonyl (C=O) groups excluding carboxylic acids is 1. The summed E-state index contributed by atoms with van der Waals surface area (Å²) >= 11 is 0. The summed E-state index contributed by atoms with van der Waals surface area (Å²) in [4.78, 5) is 12.7. The highest BCUT2D eigenvalue weighted by atomic mass is 16.1. The van der Waals surface area contributed by atoms with Gasteiger partial charge in [0.25, 0.3) is 0 Å². The smallest absolute Gasteiger partial charge is 0.156 e. The molecule has 0 radical (unpaired) electrons. The Morgan fingerprint density at radius 3 is 2.08 bits per heavy atom. The van der Waals surface area contributed by atoms with E-state index in [1.54, 1.807) is 0 Å². The Labute approximate surface area is 149 Å². The van der Waals surface area contributed by atoms with Crippen molar-refractivity contribution in [3.63, 3.8) is 0 Å². The molecule has 1 atom stereocenters. The van der Waals surface area contributed by atoms with Gasteiger partial charge in [0.15, 0.2) is 5.78 Å². The molecule has 0 fully saturated rings. The summed E-state index contributed by atoms with van der Waals surface area (Å²) in [5.74, 6) is 0.171. The standard InChI is InChI=1S/C23H23NO/c1-22(2,3)20-13-21(25)15-23(14-20,18-7-5-4-6-8-18)19-11-9-17(16-24)10-12-19/h4-13H,14-15H2,1-3H3. The van der Waals surface area contributed by atoms with Crippen molar-refractivity contribution in [1.82, 2.24) is 0 Å². The van der Waals surface area contributed by atoms with Gasteiger partial charge in [-0.2, -0.15) is 5.26 Å². The van der Waals surface area contributed by atoms with E-state index in [9.17, 15) is 4.79 Å². The van der Waals surface area contributed by atoms with Gasteiger partial charge in [-0.3, -0.25) is 4.79 Å². The molecule has 126 valence electrons. The fourth-order valence-corrected chi connectivity index (χ4v) is 3.66. The van der Waals surface area contributed by atoms with E-state index >= 15 is 0 Å². The molecule has 2 heteroatoms. The summed E-state index contributed by atoms with van der Waals surface area (Å²) in [6.45, 7) is 6.48. The average Bonchev–Trinajstić information content (AvgIpc) is 2.61. The second kappa shape index (κ2) is 6.33. The molecular formula is C23H23NO. The van der Waals surface area contributed by atoms with E-state index < -0.39 is 0 Å². The lowest BCUT2D eigenvalue weighted by Gasteiger charge is -2.41. The molecule has 0 heterocycles. The van der Waals surface area contributed by atoms with Crippen molar-refractivity contribution < 1.29 is 4.79 Å². The number of nitriles is 1. The topological polar surface area (TPSA) is 40.9 Å². The highest BCUT2D eigenvalue weighted by Crippen LogP contribution is 2.47. The van der Waals surface area contributed by atoms with Crippen LogP contribution in [0.1, 0.15) is 50.3 Å². The highest BCUT2D eigenvalue weighted by molar-refractivity contribution is 5.93. The zero-order valence-electron chi connectivity index (χ0n) is 15.0. The van der Waals surface area contributed by atoms with Crippen LogP contribution in [-0.4, -0.2) is 5.78 Å². The van der Waals surface area contributed by atoms with Crippen molar-refractivity contribution in [2.75, 3.05) is 0 Å². The predicted molar refractivity (Wildman–Crippen MR) is 100 cm³/mol. The Morgan fingerprint density at radius 1 is 0.920 bits per heavy atom. The van der Waals surface area contributed by atoms with Crippen LogP contribution in [0.3, 0.4) is 0 Å². The van der Waals surface area contributed by atoms with E-state index in [2.05, 4.69) is 39.0 Å². The quantitative estimate of drug-likeness (QED) is 0.761. The summed E-state index contributed by atoms with van der Waals surface area (Å²) in [7, 11) is 0. The van der Waals surface area contributed by atoms with Gasteiger partial charge in [-0.05, 0) is 41.2 Å². The highest BCUT2D eigenvalue weighted by Gasteiger charge is 2.41. The fraction of sp³-hybridized carbons (Fsp3) is 0.304. The molecule has 0 bridgehead atoms. The van der Waals surface area contributed by atoms with Gasteiger partial charge in [-0.1, -0.05) is 68.8 Å². The van der Waals surface area contributed by atoms with Gasteiger partial charge >= 0.3 is 0 Å². The van der Waals surface area contributed by atoms with E-state index in [0.29, 0.717) is 12.0 Å². The molecule has 0 saturated heterocycles. The van der Waals surface area contributed by atoms with Gasteiger partial charge in [-0.25, -0.2) is 0 Å². The van der Waals surface area contributed by atoms with Crippen molar-refractivity contribution in [3.05, 3.63) is 82.9 Å². The van der Waals surface area contributed by atoms with Crippen LogP contribution in [0.4, 0.5) is 0 Å². The van der Waals surface area contributed by atoms with Crippen LogP contribution < -0.4 is 0 Å². The minimum absolute atomic E-state index is 0.0529. The summed E-state index contributed by atoms with van der Waals surface area (Å²) in [6.07, 6.45) is 3.12. The van der Waals surface area contributed by atoms with E-state index in [-0.39, 0.29) is 16.6 Å². The molecule has 25 heavy (non-hydrogen) atoms. The Kier molecular flexibility index (Phi) is 4.35. The molecule has 1 aliphatic carbocycles. The van der Waals surface area contributed by atoms with E-state index in [4.69, 9.17) is 5.26 Å². The van der Waals surface area contributed by atoms with Crippen molar-refractivity contribution in [1.29, 1.82) is 5.26 Å². The van der Waals surface area contributed by atoms with Gasteiger partial charge in [-0.15, -0.1) is 0 Å². The van der Waals surface area contributed by atoms with Crippen LogP contribution in [-0.2, 0) is 10.2 Å². The van der Waals surface area contributed by atoms with Crippen LogP contribution >= 0.6 is 0 Å². The molecule has 0 N–H and O–H groups in total. The fourth-order valence-electron chi connectivity index (χ4n) is 3.66. The molecule has 0 saturated carbocycles. The van der Waals surface area contributed by atoms with Gasteiger partial charge < -0.3 is 0 Å². The monoisotopic (exact) mass is 329 g/mol. The van der Waals surface area contributed by atoms with Crippen LogP contribution in [0.2, 0.25) is 0 Å². The molecule has 3 rings (SSSR count). The largest absolute Gasteiger partial charge is 0.295 e. The number of allylic oxidation sites excluding steroid dienone is 2. The van der Waals surface area contributed by atoms with Crippen molar-refractivity contribution in [3.8, 4) is 6.07 Å². The molecule has 2 aromatic carbocycles. The van der Waals surface area contributed by atoms with Gasteiger partial charge in [0, 0.05) is 11.8 Å². The van der Waals surface area contributed by atoms with Crippen LogP contribution in [0.25, 0.3) is 0 Å². The minimum atomic E-state index is -0.371. The Bertz CT molecular complexity index is 848. The second-order valence-electron chi connectivity index (χ2n) is 7.88. The van der Waals surface area contributed by atoms with Gasteiger partial charge in [0.1, 0.15) is 0 Å². The van der Waals surface area contributed by atoms with E-state index in [1.807, 2.05) is 48.5 Å². The number of hydrogen-bond donors (Lipinski definition) is 0. The second-order valence-corrected chi connectivity index (χ2v) is 7.88. The first-order valence-electron chi connectivity index (χ1n) is 8.65. The van der Waals surface area contributed by atoms with E-state index in [0.717, 1.165) is 17.5 Å². The van der Waals surface area contributed by atoms with Crippen LogP contribution in [0.15, 0.2) is 66.2 Å². The summed E-state index contributed by atoms with van der Waals surface area (Å²) < 4.78 is 0. The number of carbonyl (C=O) groups is 1. The zero-order valence-corrected chi connectivity index (χ0v) is 15.0. The third kappa shape index (κ3) is 3.28. The lowest BCUT2D eigenvalue weighted by atomic mass is 9.61.